The number of aromatic carboxylic acids is 1. The zero-order valence-corrected chi connectivity index (χ0v) is 12.8. The van der Waals surface area contributed by atoms with Crippen molar-refractivity contribution in [3.05, 3.63) is 44.6 Å². The number of halogens is 1. The number of ether oxygens (including phenoxy) is 1. The van der Waals surface area contributed by atoms with Crippen LogP contribution in [0.2, 0.25) is 5.02 Å². The fourth-order valence-electron chi connectivity index (χ4n) is 1.72. The number of carbonyl (C=O) groups is 2. The van der Waals surface area contributed by atoms with Crippen LogP contribution in [0.3, 0.4) is 0 Å². The number of rotatable bonds is 4. The number of aryl methyl sites for hydroxylation is 1. The van der Waals surface area contributed by atoms with Crippen LogP contribution in [0.25, 0.3) is 0 Å². The summed E-state index contributed by atoms with van der Waals surface area (Å²) in [6, 6.07) is 4.33. The van der Waals surface area contributed by atoms with Crippen molar-refractivity contribution in [1.82, 2.24) is 0 Å². The Bertz CT molecular complexity index is 711. The molecule has 110 valence electrons. The number of hydrogen-bond acceptors (Lipinski definition) is 4. The van der Waals surface area contributed by atoms with E-state index in [9.17, 15) is 9.59 Å². The van der Waals surface area contributed by atoms with Crippen LogP contribution in [-0.2, 0) is 0 Å². The maximum absolute atomic E-state index is 12.1. The van der Waals surface area contributed by atoms with Crippen molar-refractivity contribution in [2.24, 2.45) is 0 Å². The third-order valence-electron chi connectivity index (χ3n) is 2.80. The molecule has 2 aromatic rings. The average Bonchev–Trinajstić information content (AvgIpc) is 2.78. The number of amides is 1. The number of nitrogens with one attached hydrogen (secondary N) is 1. The first-order valence-corrected chi connectivity index (χ1v) is 7.16. The number of thiophene rings is 1. The number of hydrogen-bond donors (Lipinski definition) is 2. The van der Waals surface area contributed by atoms with Gasteiger partial charge >= 0.3 is 5.97 Å². The van der Waals surface area contributed by atoms with Crippen LogP contribution < -0.4 is 10.1 Å². The molecule has 1 heterocycles. The first-order chi connectivity index (χ1) is 9.93. The van der Waals surface area contributed by atoms with Crippen LogP contribution in [0.5, 0.6) is 5.75 Å². The van der Waals surface area contributed by atoms with Crippen molar-refractivity contribution in [2.45, 2.75) is 6.92 Å². The van der Waals surface area contributed by atoms with E-state index in [1.54, 1.807) is 5.38 Å². The lowest BCUT2D eigenvalue weighted by Crippen LogP contribution is -2.11. The highest BCUT2D eigenvalue weighted by molar-refractivity contribution is 7.13. The first kappa shape index (κ1) is 15.3. The molecular formula is C14H12ClNO4S. The van der Waals surface area contributed by atoms with Crippen molar-refractivity contribution in [3.8, 4) is 5.75 Å². The molecule has 21 heavy (non-hydrogen) atoms. The standard InChI is InChI=1S/C14H12ClNO4S/c1-7-6-21-12(11(7)15)13(17)16-8-3-4-9(14(18)19)10(5-8)20-2/h3-6H,1-2H3,(H,16,17)(H,18,19). The summed E-state index contributed by atoms with van der Waals surface area (Å²) in [5.74, 6) is -1.27. The molecule has 0 bridgehead atoms. The molecular weight excluding hydrogens is 314 g/mol. The van der Waals surface area contributed by atoms with E-state index in [0.29, 0.717) is 15.6 Å². The van der Waals surface area contributed by atoms with E-state index >= 15 is 0 Å². The largest absolute Gasteiger partial charge is 0.496 e. The highest BCUT2D eigenvalue weighted by Gasteiger charge is 2.16. The Morgan fingerprint density at radius 2 is 2.10 bits per heavy atom. The van der Waals surface area contributed by atoms with E-state index in [1.165, 1.54) is 36.6 Å². The van der Waals surface area contributed by atoms with E-state index in [4.69, 9.17) is 21.4 Å². The number of carbonyl (C=O) groups excluding carboxylic acids is 1. The summed E-state index contributed by atoms with van der Waals surface area (Å²) in [6.45, 7) is 1.82. The van der Waals surface area contributed by atoms with Crippen molar-refractivity contribution in [1.29, 1.82) is 0 Å². The lowest BCUT2D eigenvalue weighted by Gasteiger charge is -2.09. The van der Waals surface area contributed by atoms with Crippen molar-refractivity contribution in [3.63, 3.8) is 0 Å². The third kappa shape index (κ3) is 3.17. The molecule has 2 rings (SSSR count). The summed E-state index contributed by atoms with van der Waals surface area (Å²) < 4.78 is 5.01. The van der Waals surface area contributed by atoms with Crippen LogP contribution in [0.4, 0.5) is 5.69 Å². The maximum atomic E-state index is 12.1. The van der Waals surface area contributed by atoms with E-state index in [1.807, 2.05) is 6.92 Å². The Morgan fingerprint density at radius 3 is 2.62 bits per heavy atom. The summed E-state index contributed by atoms with van der Waals surface area (Å²) in [5.41, 5.74) is 1.30. The molecule has 0 saturated heterocycles. The molecule has 0 saturated carbocycles. The smallest absolute Gasteiger partial charge is 0.339 e. The monoisotopic (exact) mass is 325 g/mol. The van der Waals surface area contributed by atoms with Crippen LogP contribution in [0, 0.1) is 6.92 Å². The van der Waals surface area contributed by atoms with Gasteiger partial charge in [-0.05, 0) is 30.0 Å². The Balaban J connectivity index is 2.26. The fraction of sp³-hybridized carbons (Fsp3) is 0.143. The normalized spacial score (nSPS) is 10.2. The number of carboxylic acid groups (broad SMARTS) is 1. The van der Waals surface area contributed by atoms with E-state index in [-0.39, 0.29) is 17.2 Å². The van der Waals surface area contributed by atoms with Gasteiger partial charge in [-0.3, -0.25) is 4.79 Å². The Morgan fingerprint density at radius 1 is 1.38 bits per heavy atom. The van der Waals surface area contributed by atoms with Crippen molar-refractivity contribution >= 4 is 40.5 Å². The van der Waals surface area contributed by atoms with E-state index in [0.717, 1.165) is 5.56 Å². The summed E-state index contributed by atoms with van der Waals surface area (Å²) in [5, 5.41) is 13.9. The molecule has 1 amide bonds. The summed E-state index contributed by atoms with van der Waals surface area (Å²) in [7, 11) is 1.37. The second-order valence-electron chi connectivity index (χ2n) is 4.24. The average molecular weight is 326 g/mol. The third-order valence-corrected chi connectivity index (χ3v) is 4.49. The van der Waals surface area contributed by atoms with Crippen LogP contribution in [0.15, 0.2) is 23.6 Å². The van der Waals surface area contributed by atoms with Gasteiger partial charge in [0.05, 0.1) is 12.1 Å². The minimum absolute atomic E-state index is 0.0282. The zero-order valence-electron chi connectivity index (χ0n) is 11.3. The van der Waals surface area contributed by atoms with Gasteiger partial charge in [0, 0.05) is 11.8 Å². The Hall–Kier alpha value is -2.05. The molecule has 1 aromatic carbocycles. The Labute approximate surface area is 130 Å². The molecule has 7 heteroatoms. The SMILES string of the molecule is COc1cc(NC(=O)c2scc(C)c2Cl)ccc1C(=O)O. The van der Waals surface area contributed by atoms with Crippen molar-refractivity contribution < 1.29 is 19.4 Å². The van der Waals surface area contributed by atoms with Gasteiger partial charge in [0.1, 0.15) is 16.2 Å². The second kappa shape index (κ2) is 6.15. The van der Waals surface area contributed by atoms with Gasteiger partial charge < -0.3 is 15.2 Å². The minimum atomic E-state index is -1.10. The van der Waals surface area contributed by atoms with Gasteiger partial charge in [-0.1, -0.05) is 11.6 Å². The highest BCUT2D eigenvalue weighted by atomic mass is 35.5. The van der Waals surface area contributed by atoms with Crippen LogP contribution in [-0.4, -0.2) is 24.1 Å². The van der Waals surface area contributed by atoms with Gasteiger partial charge in [0.2, 0.25) is 0 Å². The second-order valence-corrected chi connectivity index (χ2v) is 5.49. The molecule has 5 nitrogen and oxygen atoms in total. The van der Waals surface area contributed by atoms with Crippen LogP contribution in [0.1, 0.15) is 25.6 Å². The molecule has 0 atom stereocenters. The van der Waals surface area contributed by atoms with E-state index < -0.39 is 5.97 Å². The topological polar surface area (TPSA) is 75.6 Å². The molecule has 2 N–H and O–H groups in total. The summed E-state index contributed by atoms with van der Waals surface area (Å²) in [6.07, 6.45) is 0. The number of benzene rings is 1. The van der Waals surface area contributed by atoms with Gasteiger partial charge in [-0.2, -0.15) is 0 Å². The summed E-state index contributed by atoms with van der Waals surface area (Å²) in [4.78, 5) is 23.5. The predicted octanol–water partition coefficient (Wildman–Crippen LogP) is 3.67. The zero-order chi connectivity index (χ0) is 15.6. The number of methoxy groups -OCH3 is 1. The number of carboxylic acids is 1. The fourth-order valence-corrected chi connectivity index (χ4v) is 2.89. The molecule has 0 radical (unpaired) electrons. The quantitative estimate of drug-likeness (QED) is 0.899. The van der Waals surface area contributed by atoms with Gasteiger partial charge in [0.15, 0.2) is 0 Å². The molecule has 0 fully saturated rings. The first-order valence-electron chi connectivity index (χ1n) is 5.90. The molecule has 0 aliphatic carbocycles. The lowest BCUT2D eigenvalue weighted by atomic mass is 10.2. The van der Waals surface area contributed by atoms with Gasteiger partial charge in [-0.25, -0.2) is 4.79 Å². The maximum Gasteiger partial charge on any atom is 0.339 e. The molecule has 0 aliphatic heterocycles. The molecule has 1 aromatic heterocycles. The predicted molar refractivity (Wildman–Crippen MR) is 82.0 cm³/mol. The van der Waals surface area contributed by atoms with Crippen LogP contribution >= 0.6 is 22.9 Å². The molecule has 0 aliphatic rings. The molecule has 0 unspecified atom stereocenters. The number of anilines is 1. The Kier molecular flexibility index (Phi) is 4.50. The van der Waals surface area contributed by atoms with Gasteiger partial charge in [0.25, 0.3) is 5.91 Å². The summed E-state index contributed by atoms with van der Waals surface area (Å²) >= 11 is 7.29. The minimum Gasteiger partial charge on any atom is -0.496 e. The van der Waals surface area contributed by atoms with Crippen molar-refractivity contribution in [2.75, 3.05) is 12.4 Å². The highest BCUT2D eigenvalue weighted by Crippen LogP contribution is 2.29. The van der Waals surface area contributed by atoms with E-state index in [2.05, 4.69) is 5.32 Å². The lowest BCUT2D eigenvalue weighted by molar-refractivity contribution is 0.0693. The molecule has 0 spiro atoms. The van der Waals surface area contributed by atoms with Gasteiger partial charge in [-0.15, -0.1) is 11.3 Å².